The first-order valence-electron chi connectivity index (χ1n) is 6.18. The highest BCUT2D eigenvalue weighted by molar-refractivity contribution is 5.49. The van der Waals surface area contributed by atoms with Crippen LogP contribution in [0.25, 0.3) is 0 Å². The van der Waals surface area contributed by atoms with Crippen molar-refractivity contribution in [1.82, 2.24) is 4.98 Å². The molecule has 0 radical (unpaired) electrons. The molecule has 3 heteroatoms. The average molecular weight is 240 g/mol. The van der Waals surface area contributed by atoms with Gasteiger partial charge in [0.1, 0.15) is 0 Å². The maximum absolute atomic E-state index is 10.9. The zero-order valence-electron chi connectivity index (χ0n) is 10.1. The van der Waals surface area contributed by atoms with Crippen LogP contribution in [0.2, 0.25) is 0 Å². The fourth-order valence-electron chi connectivity index (χ4n) is 2.74. The number of nitrogen functional groups attached to an aromatic ring is 1. The standard InChI is InChI=1S/C15H16N2O/c16-14-6-8-17-10-13(14)15(18)7-5-11-3-1-2-4-12(11)9-15/h1-4,6,8,10,18H,5,7,9H2,(H2,16,17). The molecule has 0 spiro atoms. The third kappa shape index (κ3) is 1.77. The largest absolute Gasteiger partial charge is 0.398 e. The quantitative estimate of drug-likeness (QED) is 0.802. The van der Waals surface area contributed by atoms with E-state index >= 15 is 0 Å². The van der Waals surface area contributed by atoms with E-state index in [1.54, 1.807) is 18.5 Å². The molecular weight excluding hydrogens is 224 g/mol. The Hall–Kier alpha value is -1.87. The van der Waals surface area contributed by atoms with Crippen molar-refractivity contribution in [3.8, 4) is 0 Å². The summed E-state index contributed by atoms with van der Waals surface area (Å²) >= 11 is 0. The summed E-state index contributed by atoms with van der Waals surface area (Å²) in [5.74, 6) is 0. The smallest absolute Gasteiger partial charge is 0.0974 e. The maximum Gasteiger partial charge on any atom is 0.0974 e. The highest BCUT2D eigenvalue weighted by Gasteiger charge is 2.35. The van der Waals surface area contributed by atoms with E-state index in [-0.39, 0.29) is 0 Å². The van der Waals surface area contributed by atoms with Crippen LogP contribution in [0.15, 0.2) is 42.7 Å². The monoisotopic (exact) mass is 240 g/mol. The molecule has 1 heterocycles. The van der Waals surface area contributed by atoms with Crippen molar-refractivity contribution in [2.24, 2.45) is 0 Å². The fourth-order valence-corrected chi connectivity index (χ4v) is 2.74. The van der Waals surface area contributed by atoms with Crippen LogP contribution in [0.4, 0.5) is 5.69 Å². The molecule has 0 fully saturated rings. The Morgan fingerprint density at radius 1 is 1.17 bits per heavy atom. The summed E-state index contributed by atoms with van der Waals surface area (Å²) in [5, 5.41) is 10.9. The van der Waals surface area contributed by atoms with Gasteiger partial charge in [-0.15, -0.1) is 0 Å². The van der Waals surface area contributed by atoms with Gasteiger partial charge < -0.3 is 10.8 Å². The maximum atomic E-state index is 10.9. The Morgan fingerprint density at radius 3 is 2.72 bits per heavy atom. The second kappa shape index (κ2) is 4.10. The first-order chi connectivity index (χ1) is 8.69. The lowest BCUT2D eigenvalue weighted by Crippen LogP contribution is -2.34. The Labute approximate surface area is 106 Å². The van der Waals surface area contributed by atoms with Gasteiger partial charge in [-0.25, -0.2) is 0 Å². The highest BCUT2D eigenvalue weighted by atomic mass is 16.3. The number of hydrogen-bond acceptors (Lipinski definition) is 3. The van der Waals surface area contributed by atoms with Gasteiger partial charge in [-0.3, -0.25) is 4.98 Å². The molecule has 3 nitrogen and oxygen atoms in total. The molecule has 1 atom stereocenters. The van der Waals surface area contributed by atoms with Gasteiger partial charge in [-0.05, 0) is 30.0 Å². The Bertz CT molecular complexity index is 582. The van der Waals surface area contributed by atoms with Crippen LogP contribution in [0.5, 0.6) is 0 Å². The van der Waals surface area contributed by atoms with Crippen LogP contribution < -0.4 is 5.73 Å². The van der Waals surface area contributed by atoms with E-state index in [4.69, 9.17) is 5.73 Å². The van der Waals surface area contributed by atoms with E-state index < -0.39 is 5.60 Å². The molecule has 0 saturated carbocycles. The zero-order valence-corrected chi connectivity index (χ0v) is 10.1. The first kappa shape index (κ1) is 11.2. The number of anilines is 1. The van der Waals surface area contributed by atoms with Crippen molar-refractivity contribution in [2.75, 3.05) is 5.73 Å². The lowest BCUT2D eigenvalue weighted by Gasteiger charge is -2.34. The molecule has 1 unspecified atom stereocenters. The summed E-state index contributed by atoms with van der Waals surface area (Å²) in [6.45, 7) is 0. The predicted molar refractivity (Wildman–Crippen MR) is 71.0 cm³/mol. The average Bonchev–Trinajstić information content (AvgIpc) is 2.39. The van der Waals surface area contributed by atoms with Crippen molar-refractivity contribution in [3.05, 3.63) is 59.4 Å². The van der Waals surface area contributed by atoms with Crippen LogP contribution in [0.1, 0.15) is 23.1 Å². The van der Waals surface area contributed by atoms with Crippen LogP contribution >= 0.6 is 0 Å². The molecule has 0 bridgehead atoms. The lowest BCUT2D eigenvalue weighted by molar-refractivity contribution is 0.0227. The first-order valence-corrected chi connectivity index (χ1v) is 6.18. The molecule has 0 amide bonds. The third-order valence-electron chi connectivity index (χ3n) is 3.77. The van der Waals surface area contributed by atoms with Gasteiger partial charge in [0.2, 0.25) is 0 Å². The minimum absolute atomic E-state index is 0.610. The second-order valence-electron chi connectivity index (χ2n) is 4.94. The van der Waals surface area contributed by atoms with Gasteiger partial charge in [0.25, 0.3) is 0 Å². The minimum atomic E-state index is -0.882. The summed E-state index contributed by atoms with van der Waals surface area (Å²) in [4.78, 5) is 4.08. The second-order valence-corrected chi connectivity index (χ2v) is 4.94. The number of aromatic nitrogens is 1. The number of benzene rings is 1. The summed E-state index contributed by atoms with van der Waals surface area (Å²) < 4.78 is 0. The Balaban J connectivity index is 2.02. The van der Waals surface area contributed by atoms with E-state index in [9.17, 15) is 5.11 Å². The lowest BCUT2D eigenvalue weighted by atomic mass is 9.76. The number of nitrogens with zero attached hydrogens (tertiary/aromatic N) is 1. The van der Waals surface area contributed by atoms with E-state index in [1.165, 1.54) is 11.1 Å². The Morgan fingerprint density at radius 2 is 1.94 bits per heavy atom. The van der Waals surface area contributed by atoms with Gasteiger partial charge in [-0.2, -0.15) is 0 Å². The number of rotatable bonds is 1. The SMILES string of the molecule is Nc1ccncc1C1(O)CCc2ccccc2C1. The van der Waals surface area contributed by atoms with E-state index in [0.717, 1.165) is 12.0 Å². The topological polar surface area (TPSA) is 59.1 Å². The number of aryl methyl sites for hydroxylation is 1. The molecule has 1 aliphatic carbocycles. The van der Waals surface area contributed by atoms with Crippen LogP contribution in [0, 0.1) is 0 Å². The predicted octanol–water partition coefficient (Wildman–Crippen LogP) is 2.04. The van der Waals surface area contributed by atoms with Gasteiger partial charge in [0.15, 0.2) is 0 Å². The zero-order chi connectivity index (χ0) is 12.6. The number of hydrogen-bond donors (Lipinski definition) is 2. The molecule has 0 aliphatic heterocycles. The summed E-state index contributed by atoms with van der Waals surface area (Å²) in [5.41, 5.74) is 8.97. The van der Waals surface area contributed by atoms with Crippen molar-refractivity contribution in [1.29, 1.82) is 0 Å². The molecule has 1 aliphatic rings. The normalized spacial score (nSPS) is 22.5. The van der Waals surface area contributed by atoms with Gasteiger partial charge in [-0.1, -0.05) is 24.3 Å². The molecule has 18 heavy (non-hydrogen) atoms. The van der Waals surface area contributed by atoms with Gasteiger partial charge in [0.05, 0.1) is 5.60 Å². The molecule has 3 rings (SSSR count). The molecule has 0 saturated heterocycles. The van der Waals surface area contributed by atoms with E-state index in [0.29, 0.717) is 18.5 Å². The van der Waals surface area contributed by atoms with Crippen LogP contribution in [-0.2, 0) is 18.4 Å². The van der Waals surface area contributed by atoms with E-state index in [2.05, 4.69) is 17.1 Å². The van der Waals surface area contributed by atoms with Crippen molar-refractivity contribution in [2.45, 2.75) is 24.9 Å². The Kier molecular flexibility index (Phi) is 2.56. The number of nitrogens with two attached hydrogens (primary N) is 1. The van der Waals surface area contributed by atoms with Crippen molar-refractivity contribution >= 4 is 5.69 Å². The number of aliphatic hydroxyl groups is 1. The van der Waals surface area contributed by atoms with Crippen molar-refractivity contribution in [3.63, 3.8) is 0 Å². The van der Waals surface area contributed by atoms with Crippen LogP contribution in [0.3, 0.4) is 0 Å². The summed E-state index contributed by atoms with van der Waals surface area (Å²) in [6, 6.07) is 10.0. The van der Waals surface area contributed by atoms with Gasteiger partial charge >= 0.3 is 0 Å². The molecule has 92 valence electrons. The number of fused-ring (bicyclic) bond motifs is 1. The number of pyridine rings is 1. The molecule has 1 aromatic heterocycles. The van der Waals surface area contributed by atoms with Crippen molar-refractivity contribution < 1.29 is 5.11 Å². The summed E-state index contributed by atoms with van der Waals surface area (Å²) in [7, 11) is 0. The molecule has 1 aromatic carbocycles. The van der Waals surface area contributed by atoms with Gasteiger partial charge in [0, 0.05) is 30.1 Å². The third-order valence-corrected chi connectivity index (χ3v) is 3.77. The van der Waals surface area contributed by atoms with E-state index in [1.807, 2.05) is 12.1 Å². The minimum Gasteiger partial charge on any atom is -0.398 e. The fraction of sp³-hybridized carbons (Fsp3) is 0.267. The molecular formula is C15H16N2O. The highest BCUT2D eigenvalue weighted by Crippen LogP contribution is 2.38. The van der Waals surface area contributed by atoms with Crippen LogP contribution in [-0.4, -0.2) is 10.1 Å². The molecule has 3 N–H and O–H groups in total. The molecule has 2 aromatic rings. The summed E-state index contributed by atoms with van der Waals surface area (Å²) in [6.07, 6.45) is 5.52.